The van der Waals surface area contributed by atoms with E-state index in [9.17, 15) is 9.60 Å². The fourth-order valence-corrected chi connectivity index (χ4v) is 3.07. The van der Waals surface area contributed by atoms with Crippen LogP contribution in [0.15, 0.2) is 55.1 Å². The first kappa shape index (κ1) is 15.7. The van der Waals surface area contributed by atoms with Crippen molar-refractivity contribution in [3.05, 3.63) is 60.9 Å². The summed E-state index contributed by atoms with van der Waals surface area (Å²) < 4.78 is 16.3. The molecule has 0 saturated heterocycles. The Labute approximate surface area is 153 Å². The highest BCUT2D eigenvalue weighted by Crippen LogP contribution is 2.31. The molecule has 1 saturated carbocycles. The number of nitrogens with zero attached hydrogens (tertiary/aromatic N) is 5. The molecule has 0 unspecified atom stereocenters. The molecule has 3 aromatic heterocycles. The third kappa shape index (κ3) is 2.75. The number of anilines is 1. The zero-order valence-corrected chi connectivity index (χ0v) is 14.2. The highest BCUT2D eigenvalue weighted by molar-refractivity contribution is 5.79. The monoisotopic (exact) mass is 363 g/mol. The van der Waals surface area contributed by atoms with Gasteiger partial charge in [0.05, 0.1) is 12.2 Å². The minimum atomic E-state index is -0.317. The van der Waals surface area contributed by atoms with Crippen molar-refractivity contribution < 1.29 is 14.3 Å². The second-order valence-corrected chi connectivity index (χ2v) is 6.50. The van der Waals surface area contributed by atoms with E-state index in [2.05, 4.69) is 20.3 Å². The van der Waals surface area contributed by atoms with E-state index >= 15 is 0 Å². The third-order valence-corrected chi connectivity index (χ3v) is 4.56. The van der Waals surface area contributed by atoms with Crippen molar-refractivity contribution in [2.24, 2.45) is 0 Å². The van der Waals surface area contributed by atoms with Gasteiger partial charge in [-0.05, 0) is 37.1 Å². The van der Waals surface area contributed by atoms with Crippen LogP contribution >= 0.6 is 0 Å². The summed E-state index contributed by atoms with van der Waals surface area (Å²) in [6.07, 6.45) is 8.84. The molecule has 0 radical (unpaired) electrons. The first-order chi connectivity index (χ1) is 13.2. The number of benzene rings is 1. The van der Waals surface area contributed by atoms with Gasteiger partial charge in [0.25, 0.3) is 0 Å². The number of hydrogen-bond donors (Lipinski definition) is 2. The van der Waals surface area contributed by atoms with E-state index in [-0.39, 0.29) is 5.82 Å². The van der Waals surface area contributed by atoms with Crippen LogP contribution in [0.1, 0.15) is 12.8 Å². The standard InChI is InChI=1S/C19H15FN6O/c20-13-3-1-12(2-4-13)17-18(25-10-9-21-11-16(25)24-17)15-7-8-22-19(26(15)27)23-14-5-6-14/h1-4,7-11,14,27H,5-6H2/p+1. The van der Waals surface area contributed by atoms with E-state index in [4.69, 9.17) is 0 Å². The van der Waals surface area contributed by atoms with Crippen LogP contribution in [-0.2, 0) is 0 Å². The summed E-state index contributed by atoms with van der Waals surface area (Å²) in [6, 6.07) is 8.17. The van der Waals surface area contributed by atoms with Gasteiger partial charge >= 0.3 is 5.95 Å². The number of halogens is 1. The van der Waals surface area contributed by atoms with E-state index in [1.54, 1.807) is 43.0 Å². The molecule has 5 rings (SSSR count). The summed E-state index contributed by atoms with van der Waals surface area (Å²) >= 11 is 0. The molecule has 1 aliphatic carbocycles. The molecule has 2 N–H and O–H groups in total. The number of aromatic nitrogens is 5. The molecule has 27 heavy (non-hydrogen) atoms. The zero-order chi connectivity index (χ0) is 18.4. The van der Waals surface area contributed by atoms with Crippen LogP contribution in [0.3, 0.4) is 0 Å². The van der Waals surface area contributed by atoms with Gasteiger partial charge in [-0.1, -0.05) is 9.71 Å². The fraction of sp³-hybridized carbons (Fsp3) is 0.158. The molecule has 7 nitrogen and oxygen atoms in total. The maximum absolute atomic E-state index is 13.4. The van der Waals surface area contributed by atoms with Crippen molar-refractivity contribution >= 4 is 11.6 Å². The van der Waals surface area contributed by atoms with Gasteiger partial charge in [-0.25, -0.2) is 9.37 Å². The summed E-state index contributed by atoms with van der Waals surface area (Å²) in [5.41, 5.74) is 3.17. The molecule has 1 aromatic carbocycles. The van der Waals surface area contributed by atoms with Crippen LogP contribution in [0.25, 0.3) is 28.3 Å². The van der Waals surface area contributed by atoms with Crippen molar-refractivity contribution in [2.45, 2.75) is 18.9 Å². The van der Waals surface area contributed by atoms with Gasteiger partial charge < -0.3 is 5.21 Å². The highest BCUT2D eigenvalue weighted by atomic mass is 19.1. The van der Waals surface area contributed by atoms with Crippen LogP contribution in [0.2, 0.25) is 0 Å². The van der Waals surface area contributed by atoms with Crippen molar-refractivity contribution in [3.63, 3.8) is 0 Å². The molecule has 0 spiro atoms. The third-order valence-electron chi connectivity index (χ3n) is 4.56. The summed E-state index contributed by atoms with van der Waals surface area (Å²) in [5, 5.41) is 14.0. The van der Waals surface area contributed by atoms with Crippen LogP contribution in [0.4, 0.5) is 10.3 Å². The Bertz CT molecular complexity index is 1140. The van der Waals surface area contributed by atoms with Crippen molar-refractivity contribution in [2.75, 3.05) is 5.32 Å². The van der Waals surface area contributed by atoms with Crippen molar-refractivity contribution in [1.29, 1.82) is 0 Å². The van der Waals surface area contributed by atoms with Gasteiger partial charge in [0.15, 0.2) is 11.3 Å². The number of imidazole rings is 1. The topological polar surface area (TPSA) is 79.2 Å². The number of fused-ring (bicyclic) bond motifs is 1. The van der Waals surface area contributed by atoms with Crippen LogP contribution in [0, 0.1) is 5.82 Å². The fourth-order valence-electron chi connectivity index (χ4n) is 3.07. The molecule has 1 aliphatic rings. The van der Waals surface area contributed by atoms with Crippen molar-refractivity contribution in [1.82, 2.24) is 19.4 Å². The Morgan fingerprint density at radius 1 is 1.15 bits per heavy atom. The number of rotatable bonds is 4. The van der Waals surface area contributed by atoms with E-state index < -0.39 is 0 Å². The predicted octanol–water partition coefficient (Wildman–Crippen LogP) is 2.70. The van der Waals surface area contributed by atoms with Gasteiger partial charge in [-0.2, -0.15) is 0 Å². The van der Waals surface area contributed by atoms with E-state index in [1.807, 2.05) is 4.40 Å². The molecule has 3 heterocycles. The summed E-state index contributed by atoms with van der Waals surface area (Å²) in [6.45, 7) is 0. The molecule has 0 aliphatic heterocycles. The second kappa shape index (κ2) is 6.01. The van der Waals surface area contributed by atoms with Gasteiger partial charge in [0.2, 0.25) is 0 Å². The second-order valence-electron chi connectivity index (χ2n) is 6.50. The average Bonchev–Trinajstić information content (AvgIpc) is 3.42. The number of hydrogen-bond acceptors (Lipinski definition) is 5. The summed E-state index contributed by atoms with van der Waals surface area (Å²) in [5.74, 6) is 0.0619. The Morgan fingerprint density at radius 2 is 1.96 bits per heavy atom. The SMILES string of the molecule is O[n+]1c(-c2c(-c3ccc(F)cc3)nc3cnccn23)ccnc1NC1CC1. The molecular weight excluding hydrogens is 347 g/mol. The molecule has 134 valence electrons. The van der Waals surface area contributed by atoms with Gasteiger partial charge in [-0.3, -0.25) is 14.7 Å². The lowest BCUT2D eigenvalue weighted by Crippen LogP contribution is -2.38. The molecular formula is C19H16FN6O+. The molecule has 0 atom stereocenters. The van der Waals surface area contributed by atoms with Crippen LogP contribution in [0.5, 0.6) is 0 Å². The Kier molecular flexibility index (Phi) is 3.49. The molecule has 0 bridgehead atoms. The Morgan fingerprint density at radius 3 is 2.74 bits per heavy atom. The molecule has 8 heteroatoms. The lowest BCUT2D eigenvalue weighted by Gasteiger charge is -2.07. The lowest BCUT2D eigenvalue weighted by molar-refractivity contribution is -0.886. The maximum atomic E-state index is 13.4. The largest absolute Gasteiger partial charge is 0.429 e. The smallest absolute Gasteiger partial charge is 0.371 e. The minimum Gasteiger partial charge on any atom is -0.371 e. The van der Waals surface area contributed by atoms with Crippen LogP contribution in [-0.4, -0.2) is 30.6 Å². The van der Waals surface area contributed by atoms with Gasteiger partial charge in [0, 0.05) is 24.0 Å². The summed E-state index contributed by atoms with van der Waals surface area (Å²) in [7, 11) is 0. The molecule has 0 amide bonds. The van der Waals surface area contributed by atoms with Gasteiger partial charge in [-0.15, -0.1) is 0 Å². The van der Waals surface area contributed by atoms with Gasteiger partial charge in [0.1, 0.15) is 23.4 Å². The first-order valence-electron chi connectivity index (χ1n) is 8.66. The summed E-state index contributed by atoms with van der Waals surface area (Å²) in [4.78, 5) is 13.0. The maximum Gasteiger partial charge on any atom is 0.429 e. The Balaban J connectivity index is 1.75. The lowest BCUT2D eigenvalue weighted by atomic mass is 10.1. The zero-order valence-electron chi connectivity index (χ0n) is 14.2. The quantitative estimate of drug-likeness (QED) is 0.431. The number of nitrogens with one attached hydrogen (secondary N) is 1. The minimum absolute atomic E-state index is 0.317. The van der Waals surface area contributed by atoms with Crippen LogP contribution < -0.4 is 10.0 Å². The molecule has 4 aromatic rings. The van der Waals surface area contributed by atoms with E-state index in [1.165, 1.54) is 12.1 Å². The van der Waals surface area contributed by atoms with E-state index in [0.717, 1.165) is 23.1 Å². The molecule has 1 fully saturated rings. The van der Waals surface area contributed by atoms with E-state index in [0.29, 0.717) is 34.7 Å². The highest BCUT2D eigenvalue weighted by Gasteiger charge is 2.30. The Hall–Kier alpha value is -3.55. The first-order valence-corrected chi connectivity index (χ1v) is 8.66. The van der Waals surface area contributed by atoms with Crippen molar-refractivity contribution in [3.8, 4) is 22.6 Å². The predicted molar refractivity (Wildman–Crippen MR) is 95.6 cm³/mol. The normalized spacial score (nSPS) is 13.8. The average molecular weight is 363 g/mol.